The van der Waals surface area contributed by atoms with Gasteiger partial charge in [0, 0.05) is 11.1 Å². The zero-order chi connectivity index (χ0) is 19.7. The number of carboxylic acids is 1. The van der Waals surface area contributed by atoms with E-state index >= 15 is 0 Å². The Morgan fingerprint density at radius 2 is 1.23 bits per heavy atom. The first-order valence-electron chi connectivity index (χ1n) is 7.88. The molecule has 0 aromatic heterocycles. The molecule has 0 atom stereocenters. The molecule has 0 bridgehead atoms. The standard InChI is InChI=1S/C11H12O3.C9H8O3/c1-3-14-11(13)10-6-4-5-9(7-10)8(2)12;1-6(10)7-3-2-4-8(5-7)9(11)12/h4-7H,3H2,1-2H3;2-5H,1H3,(H,11,12). The topological polar surface area (TPSA) is 97.7 Å². The largest absolute Gasteiger partial charge is 0.478 e. The fraction of sp³-hybridized carbons (Fsp3) is 0.200. The summed E-state index contributed by atoms with van der Waals surface area (Å²) >= 11 is 0. The molecule has 0 unspecified atom stereocenters. The fourth-order valence-electron chi connectivity index (χ4n) is 1.95. The van der Waals surface area contributed by atoms with Crippen molar-refractivity contribution in [3.63, 3.8) is 0 Å². The van der Waals surface area contributed by atoms with E-state index in [4.69, 9.17) is 9.84 Å². The Hall–Kier alpha value is -3.28. The molecule has 0 aliphatic rings. The molecule has 0 aliphatic heterocycles. The Morgan fingerprint density at radius 3 is 1.65 bits per heavy atom. The number of rotatable bonds is 5. The van der Waals surface area contributed by atoms with Gasteiger partial charge in [-0.2, -0.15) is 0 Å². The maximum atomic E-state index is 11.3. The third kappa shape index (κ3) is 6.32. The second-order valence-corrected chi connectivity index (χ2v) is 5.30. The lowest BCUT2D eigenvalue weighted by atomic mass is 10.1. The molecule has 0 saturated heterocycles. The van der Waals surface area contributed by atoms with E-state index in [9.17, 15) is 19.2 Å². The lowest BCUT2D eigenvalue weighted by Crippen LogP contribution is -2.05. The third-order valence-corrected chi connectivity index (χ3v) is 3.30. The predicted molar refractivity (Wildman–Crippen MR) is 95.8 cm³/mol. The summed E-state index contributed by atoms with van der Waals surface area (Å²) < 4.78 is 4.81. The number of ketones is 2. The van der Waals surface area contributed by atoms with Crippen LogP contribution in [0.1, 0.15) is 62.2 Å². The van der Waals surface area contributed by atoms with Crippen LogP contribution in [0, 0.1) is 0 Å². The highest BCUT2D eigenvalue weighted by Gasteiger charge is 2.08. The van der Waals surface area contributed by atoms with Gasteiger partial charge in [0.2, 0.25) is 0 Å². The van der Waals surface area contributed by atoms with Gasteiger partial charge in [-0.15, -0.1) is 0 Å². The number of ether oxygens (including phenoxy) is 1. The first-order chi connectivity index (χ1) is 12.3. The van der Waals surface area contributed by atoms with E-state index in [0.717, 1.165) is 0 Å². The van der Waals surface area contributed by atoms with Gasteiger partial charge in [-0.1, -0.05) is 24.3 Å². The molecule has 1 N–H and O–H groups in total. The van der Waals surface area contributed by atoms with Gasteiger partial charge in [-0.25, -0.2) is 9.59 Å². The third-order valence-electron chi connectivity index (χ3n) is 3.30. The van der Waals surface area contributed by atoms with E-state index in [1.165, 1.54) is 26.0 Å². The van der Waals surface area contributed by atoms with Crippen LogP contribution in [0.2, 0.25) is 0 Å². The summed E-state index contributed by atoms with van der Waals surface area (Å²) in [5, 5.41) is 8.58. The molecular weight excluding hydrogens is 336 g/mol. The normalized spacial score (nSPS) is 9.50. The number of carbonyl (C=O) groups excluding carboxylic acids is 3. The minimum Gasteiger partial charge on any atom is -0.478 e. The average molecular weight is 356 g/mol. The Bertz CT molecular complexity index is 793. The van der Waals surface area contributed by atoms with E-state index in [-0.39, 0.29) is 17.1 Å². The molecule has 6 heteroatoms. The van der Waals surface area contributed by atoms with Crippen LogP contribution in [0.25, 0.3) is 0 Å². The Balaban J connectivity index is 0.000000263. The Labute approximate surface area is 151 Å². The zero-order valence-electron chi connectivity index (χ0n) is 14.8. The summed E-state index contributed by atoms with van der Waals surface area (Å²) in [7, 11) is 0. The SMILES string of the molecule is CC(=O)c1cccc(C(=O)O)c1.CCOC(=O)c1cccc(C(C)=O)c1. The number of Topliss-reactive ketones (excluding diaryl/α,β-unsaturated/α-hetero) is 2. The summed E-state index contributed by atoms with van der Waals surface area (Å²) in [6.45, 7) is 4.95. The van der Waals surface area contributed by atoms with Crippen LogP contribution in [0.15, 0.2) is 48.5 Å². The molecule has 0 fully saturated rings. The van der Waals surface area contributed by atoms with Gasteiger partial charge >= 0.3 is 11.9 Å². The van der Waals surface area contributed by atoms with E-state index in [2.05, 4.69) is 0 Å². The minimum atomic E-state index is -1.02. The number of hydrogen-bond donors (Lipinski definition) is 1. The molecule has 26 heavy (non-hydrogen) atoms. The van der Waals surface area contributed by atoms with Crippen molar-refractivity contribution in [2.45, 2.75) is 20.8 Å². The van der Waals surface area contributed by atoms with Crippen molar-refractivity contribution in [3.05, 3.63) is 70.8 Å². The Morgan fingerprint density at radius 1 is 0.808 bits per heavy atom. The lowest BCUT2D eigenvalue weighted by Gasteiger charge is -2.02. The molecule has 136 valence electrons. The summed E-state index contributed by atoms with van der Waals surface area (Å²) in [6, 6.07) is 12.5. The van der Waals surface area contributed by atoms with Crippen molar-refractivity contribution >= 4 is 23.5 Å². The van der Waals surface area contributed by atoms with E-state index in [0.29, 0.717) is 23.3 Å². The second kappa shape index (κ2) is 9.88. The van der Waals surface area contributed by atoms with Crippen molar-refractivity contribution < 1.29 is 29.0 Å². The van der Waals surface area contributed by atoms with Gasteiger partial charge in [0.25, 0.3) is 0 Å². The molecule has 0 radical (unpaired) electrons. The second-order valence-electron chi connectivity index (χ2n) is 5.30. The van der Waals surface area contributed by atoms with Gasteiger partial charge in [0.1, 0.15) is 0 Å². The smallest absolute Gasteiger partial charge is 0.338 e. The highest BCUT2D eigenvalue weighted by atomic mass is 16.5. The number of hydrogen-bond acceptors (Lipinski definition) is 5. The number of aromatic carboxylic acids is 1. The van der Waals surface area contributed by atoms with Crippen molar-refractivity contribution in [2.75, 3.05) is 6.61 Å². The van der Waals surface area contributed by atoms with Crippen LogP contribution in [0.5, 0.6) is 0 Å². The van der Waals surface area contributed by atoms with Crippen LogP contribution in [-0.4, -0.2) is 35.2 Å². The van der Waals surface area contributed by atoms with Gasteiger partial charge < -0.3 is 9.84 Å². The molecule has 0 heterocycles. The summed E-state index contributed by atoms with van der Waals surface area (Å²) in [5.41, 5.74) is 1.51. The highest BCUT2D eigenvalue weighted by molar-refractivity contribution is 5.98. The average Bonchev–Trinajstić information content (AvgIpc) is 2.62. The first kappa shape index (κ1) is 20.8. The molecule has 0 aliphatic carbocycles. The van der Waals surface area contributed by atoms with E-state index < -0.39 is 11.9 Å². The molecule has 2 rings (SSSR count). The van der Waals surface area contributed by atoms with Crippen LogP contribution in [0.3, 0.4) is 0 Å². The molecule has 0 spiro atoms. The van der Waals surface area contributed by atoms with Crippen molar-refractivity contribution in [1.82, 2.24) is 0 Å². The predicted octanol–water partition coefficient (Wildman–Crippen LogP) is 3.65. The molecule has 6 nitrogen and oxygen atoms in total. The van der Waals surface area contributed by atoms with Gasteiger partial charge in [-0.05, 0) is 45.0 Å². The zero-order valence-corrected chi connectivity index (χ0v) is 14.8. The lowest BCUT2D eigenvalue weighted by molar-refractivity contribution is 0.0525. The van der Waals surface area contributed by atoms with Gasteiger partial charge in [-0.3, -0.25) is 9.59 Å². The van der Waals surface area contributed by atoms with E-state index in [1.807, 2.05) is 0 Å². The van der Waals surface area contributed by atoms with Crippen molar-refractivity contribution in [2.24, 2.45) is 0 Å². The Kier molecular flexibility index (Phi) is 7.89. The maximum absolute atomic E-state index is 11.3. The summed E-state index contributed by atoms with van der Waals surface area (Å²) in [4.78, 5) is 43.6. The molecular formula is C20H20O6. The number of carboxylic acid groups (broad SMARTS) is 1. The van der Waals surface area contributed by atoms with Crippen LogP contribution in [0.4, 0.5) is 0 Å². The van der Waals surface area contributed by atoms with Gasteiger partial charge in [0.15, 0.2) is 11.6 Å². The highest BCUT2D eigenvalue weighted by Crippen LogP contribution is 2.07. The van der Waals surface area contributed by atoms with Crippen LogP contribution < -0.4 is 0 Å². The van der Waals surface area contributed by atoms with Crippen molar-refractivity contribution in [3.8, 4) is 0 Å². The minimum absolute atomic E-state index is 0.0591. The molecule has 0 amide bonds. The van der Waals surface area contributed by atoms with Crippen LogP contribution in [-0.2, 0) is 4.74 Å². The number of carbonyl (C=O) groups is 4. The summed E-state index contributed by atoms with van der Waals surface area (Å²) in [6.07, 6.45) is 0. The van der Waals surface area contributed by atoms with Crippen molar-refractivity contribution in [1.29, 1.82) is 0 Å². The molecule has 2 aromatic rings. The maximum Gasteiger partial charge on any atom is 0.338 e. The fourth-order valence-corrected chi connectivity index (χ4v) is 1.95. The molecule has 0 saturated carbocycles. The monoisotopic (exact) mass is 356 g/mol. The number of benzene rings is 2. The molecule has 2 aromatic carbocycles. The van der Waals surface area contributed by atoms with Crippen LogP contribution >= 0.6 is 0 Å². The van der Waals surface area contributed by atoms with Gasteiger partial charge in [0.05, 0.1) is 17.7 Å². The first-order valence-corrected chi connectivity index (χ1v) is 7.88. The number of esters is 1. The summed E-state index contributed by atoms with van der Waals surface area (Å²) in [5.74, 6) is -1.59. The quantitative estimate of drug-likeness (QED) is 0.648. The van der Waals surface area contributed by atoms with E-state index in [1.54, 1.807) is 43.3 Å².